The molecule has 0 bridgehead atoms. The molecule has 0 saturated carbocycles. The number of thioether (sulfide) groups is 1. The summed E-state index contributed by atoms with van der Waals surface area (Å²) in [5.41, 5.74) is 0. The third kappa shape index (κ3) is 5.18. The average molecular weight is 313 g/mol. The molecular weight excluding hydrogens is 286 g/mol. The Morgan fingerprint density at radius 3 is 2.48 bits per heavy atom. The Balaban J connectivity index is 1.66. The van der Waals surface area contributed by atoms with Crippen LogP contribution in [0.15, 0.2) is 0 Å². The molecule has 2 aliphatic rings. The number of hydrogen-bond donors (Lipinski definition) is 2. The lowest BCUT2D eigenvalue weighted by Gasteiger charge is -2.32. The number of hydrogen-bond acceptors (Lipinski definition) is 4. The van der Waals surface area contributed by atoms with Crippen LogP contribution in [0.3, 0.4) is 0 Å². The van der Waals surface area contributed by atoms with Crippen molar-refractivity contribution >= 4 is 23.6 Å². The molecule has 0 aromatic heterocycles. The summed E-state index contributed by atoms with van der Waals surface area (Å²) >= 11 is 1.80. The maximum atomic E-state index is 12.2. The lowest BCUT2D eigenvalue weighted by Crippen LogP contribution is -2.43. The molecule has 2 saturated heterocycles. The van der Waals surface area contributed by atoms with Gasteiger partial charge in [0.15, 0.2) is 0 Å². The zero-order valence-corrected chi connectivity index (χ0v) is 13.7. The Morgan fingerprint density at radius 1 is 1.19 bits per heavy atom. The van der Waals surface area contributed by atoms with Gasteiger partial charge in [-0.05, 0) is 45.7 Å². The molecule has 2 fully saturated rings. The van der Waals surface area contributed by atoms with Crippen LogP contribution < -0.4 is 10.6 Å². The molecule has 2 heterocycles. The normalized spacial score (nSPS) is 21.3. The summed E-state index contributed by atoms with van der Waals surface area (Å²) in [7, 11) is 0. The van der Waals surface area contributed by atoms with Crippen molar-refractivity contribution in [2.24, 2.45) is 5.92 Å². The molecule has 2 amide bonds. The molecule has 0 aromatic carbocycles. The summed E-state index contributed by atoms with van der Waals surface area (Å²) in [6.45, 7) is 6.23. The lowest BCUT2D eigenvalue weighted by molar-refractivity contribution is -0.133. The van der Waals surface area contributed by atoms with E-state index < -0.39 is 0 Å². The summed E-state index contributed by atoms with van der Waals surface area (Å²) in [5, 5.41) is 6.85. The topological polar surface area (TPSA) is 61.4 Å². The Kier molecular flexibility index (Phi) is 6.83. The highest BCUT2D eigenvalue weighted by atomic mass is 32.2. The van der Waals surface area contributed by atoms with Crippen LogP contribution in [0.5, 0.6) is 0 Å². The summed E-state index contributed by atoms with van der Waals surface area (Å²) in [4.78, 5) is 25.9. The van der Waals surface area contributed by atoms with Crippen LogP contribution in [-0.2, 0) is 9.59 Å². The highest BCUT2D eigenvalue weighted by Gasteiger charge is 2.27. The van der Waals surface area contributed by atoms with Gasteiger partial charge in [0.25, 0.3) is 0 Å². The molecule has 5 nitrogen and oxygen atoms in total. The molecule has 0 spiro atoms. The Morgan fingerprint density at radius 2 is 1.86 bits per heavy atom. The number of rotatable bonds is 5. The molecule has 2 aliphatic heterocycles. The van der Waals surface area contributed by atoms with E-state index in [9.17, 15) is 9.59 Å². The first kappa shape index (κ1) is 16.6. The average Bonchev–Trinajstić information content (AvgIpc) is 2.54. The number of nitrogens with one attached hydrogen (secondary N) is 2. The van der Waals surface area contributed by atoms with Crippen LogP contribution >= 0.6 is 11.8 Å². The van der Waals surface area contributed by atoms with Crippen LogP contribution in [0.4, 0.5) is 0 Å². The van der Waals surface area contributed by atoms with E-state index in [1.807, 2.05) is 11.8 Å². The molecule has 0 atom stereocenters. The van der Waals surface area contributed by atoms with Crippen LogP contribution in [0, 0.1) is 5.92 Å². The SMILES string of the molecule is CCNC(=O)C1CCN(C(=O)CSC2CCNCC2)CC1. The fourth-order valence-electron chi connectivity index (χ4n) is 2.95. The number of nitrogens with zero attached hydrogens (tertiary/aromatic N) is 1. The minimum absolute atomic E-state index is 0.0890. The van der Waals surface area contributed by atoms with E-state index in [-0.39, 0.29) is 17.7 Å². The van der Waals surface area contributed by atoms with E-state index in [0.29, 0.717) is 17.5 Å². The van der Waals surface area contributed by atoms with E-state index in [2.05, 4.69) is 10.6 Å². The van der Waals surface area contributed by atoms with Crippen LogP contribution in [0.25, 0.3) is 0 Å². The zero-order chi connectivity index (χ0) is 15.1. The van der Waals surface area contributed by atoms with Gasteiger partial charge in [0, 0.05) is 30.8 Å². The fourth-order valence-corrected chi connectivity index (χ4v) is 4.08. The number of likely N-dealkylation sites (tertiary alicyclic amines) is 1. The maximum absolute atomic E-state index is 12.2. The minimum Gasteiger partial charge on any atom is -0.356 e. The molecular formula is C15H27N3O2S. The molecule has 120 valence electrons. The fraction of sp³-hybridized carbons (Fsp3) is 0.867. The molecule has 21 heavy (non-hydrogen) atoms. The summed E-state index contributed by atoms with van der Waals surface area (Å²) in [6.07, 6.45) is 3.93. The van der Waals surface area contributed by atoms with Crippen molar-refractivity contribution in [3.05, 3.63) is 0 Å². The van der Waals surface area contributed by atoms with Gasteiger partial charge in [-0.15, -0.1) is 11.8 Å². The molecule has 6 heteroatoms. The quantitative estimate of drug-likeness (QED) is 0.790. The Bertz CT molecular complexity index is 351. The van der Waals surface area contributed by atoms with Gasteiger partial charge in [0.1, 0.15) is 0 Å². The second-order valence-corrected chi connectivity index (χ2v) is 7.10. The lowest BCUT2D eigenvalue weighted by atomic mass is 9.96. The molecule has 2 rings (SSSR count). The second-order valence-electron chi connectivity index (χ2n) is 5.81. The molecule has 0 unspecified atom stereocenters. The van der Waals surface area contributed by atoms with Crippen molar-refractivity contribution in [3.8, 4) is 0 Å². The summed E-state index contributed by atoms with van der Waals surface area (Å²) in [5.74, 6) is 1.07. The number of piperidine rings is 2. The van der Waals surface area contributed by atoms with Crippen molar-refractivity contribution in [1.29, 1.82) is 0 Å². The highest BCUT2D eigenvalue weighted by molar-refractivity contribution is 8.00. The summed E-state index contributed by atoms with van der Waals surface area (Å²) in [6, 6.07) is 0. The van der Waals surface area contributed by atoms with Crippen molar-refractivity contribution in [2.45, 2.75) is 37.9 Å². The predicted octanol–water partition coefficient (Wildman–Crippen LogP) is 0.846. The number of amides is 2. The summed E-state index contributed by atoms with van der Waals surface area (Å²) < 4.78 is 0. The van der Waals surface area contributed by atoms with Gasteiger partial charge in [-0.25, -0.2) is 0 Å². The van der Waals surface area contributed by atoms with Gasteiger partial charge in [-0.3, -0.25) is 9.59 Å². The molecule has 0 aliphatic carbocycles. The Hall–Kier alpha value is -0.750. The van der Waals surface area contributed by atoms with Crippen LogP contribution in [0.2, 0.25) is 0 Å². The monoisotopic (exact) mass is 313 g/mol. The van der Waals surface area contributed by atoms with Crippen molar-refractivity contribution < 1.29 is 9.59 Å². The van der Waals surface area contributed by atoms with Gasteiger partial charge >= 0.3 is 0 Å². The second kappa shape index (κ2) is 8.63. The smallest absolute Gasteiger partial charge is 0.232 e. The van der Waals surface area contributed by atoms with Gasteiger partial charge in [-0.2, -0.15) is 0 Å². The number of carbonyl (C=O) groups is 2. The van der Waals surface area contributed by atoms with Gasteiger partial charge < -0.3 is 15.5 Å². The first-order valence-corrected chi connectivity index (χ1v) is 9.13. The molecule has 0 radical (unpaired) electrons. The van der Waals surface area contributed by atoms with Gasteiger partial charge in [0.2, 0.25) is 11.8 Å². The standard InChI is InChI=1S/C15H27N3O2S/c1-2-17-15(20)12-5-9-18(10-6-12)14(19)11-21-13-3-7-16-8-4-13/h12-13,16H,2-11H2,1H3,(H,17,20). The minimum atomic E-state index is 0.0890. The Labute approximate surface area is 131 Å². The van der Waals surface area contributed by atoms with Crippen LogP contribution in [-0.4, -0.2) is 60.4 Å². The van der Waals surface area contributed by atoms with E-state index >= 15 is 0 Å². The van der Waals surface area contributed by atoms with Gasteiger partial charge in [0.05, 0.1) is 5.75 Å². The number of carbonyl (C=O) groups excluding carboxylic acids is 2. The third-order valence-electron chi connectivity index (χ3n) is 4.30. The van der Waals surface area contributed by atoms with Crippen molar-refractivity contribution in [3.63, 3.8) is 0 Å². The zero-order valence-electron chi connectivity index (χ0n) is 12.9. The molecule has 2 N–H and O–H groups in total. The molecule has 0 aromatic rings. The third-order valence-corrected chi connectivity index (χ3v) is 5.65. The van der Waals surface area contributed by atoms with E-state index in [1.165, 1.54) is 0 Å². The first-order valence-electron chi connectivity index (χ1n) is 8.08. The highest BCUT2D eigenvalue weighted by Crippen LogP contribution is 2.22. The van der Waals surface area contributed by atoms with Crippen molar-refractivity contribution in [1.82, 2.24) is 15.5 Å². The van der Waals surface area contributed by atoms with Crippen LogP contribution in [0.1, 0.15) is 32.6 Å². The first-order chi connectivity index (χ1) is 10.2. The van der Waals surface area contributed by atoms with E-state index in [4.69, 9.17) is 0 Å². The van der Waals surface area contributed by atoms with Gasteiger partial charge in [-0.1, -0.05) is 0 Å². The largest absolute Gasteiger partial charge is 0.356 e. The van der Waals surface area contributed by atoms with E-state index in [0.717, 1.165) is 51.9 Å². The van der Waals surface area contributed by atoms with Crippen molar-refractivity contribution in [2.75, 3.05) is 38.5 Å². The maximum Gasteiger partial charge on any atom is 0.232 e. The predicted molar refractivity (Wildman–Crippen MR) is 86.3 cm³/mol. The van der Waals surface area contributed by atoms with E-state index in [1.54, 1.807) is 11.8 Å².